The van der Waals surface area contributed by atoms with Gasteiger partial charge in [0.2, 0.25) is 0 Å². The summed E-state index contributed by atoms with van der Waals surface area (Å²) in [6.07, 6.45) is 0.760. The average molecular weight is 306 g/mol. The average Bonchev–Trinajstić information content (AvgIpc) is 2.53. The van der Waals surface area contributed by atoms with Crippen molar-refractivity contribution >= 4 is 44.0 Å². The summed E-state index contributed by atoms with van der Waals surface area (Å²) < 4.78 is 15.7. The van der Waals surface area contributed by atoms with Gasteiger partial charge in [-0.3, -0.25) is 0 Å². The SMILES string of the molecule is CCc1c(F)cc(I)c2sccc12. The second kappa shape index (κ2) is 3.53. The fraction of sp³-hybridized carbons (Fsp3) is 0.200. The van der Waals surface area contributed by atoms with Crippen LogP contribution in [0, 0.1) is 9.39 Å². The molecular formula is C10H8FIS. The fourth-order valence-corrected chi connectivity index (χ4v) is 3.26. The first-order valence-corrected chi connectivity index (χ1v) is 6.04. The van der Waals surface area contributed by atoms with Crippen LogP contribution in [0.1, 0.15) is 12.5 Å². The highest BCUT2D eigenvalue weighted by Crippen LogP contribution is 2.31. The Kier molecular flexibility index (Phi) is 2.55. The standard InChI is InChI=1S/C10H8FIS/c1-2-6-7-3-4-13-10(7)9(12)5-8(6)11/h3-5H,2H2,1H3. The summed E-state index contributed by atoms with van der Waals surface area (Å²) in [6.45, 7) is 1.99. The van der Waals surface area contributed by atoms with E-state index in [2.05, 4.69) is 22.6 Å². The fourth-order valence-electron chi connectivity index (χ4n) is 1.48. The molecule has 0 saturated carbocycles. The van der Waals surface area contributed by atoms with E-state index in [9.17, 15) is 4.39 Å². The molecule has 2 rings (SSSR count). The zero-order chi connectivity index (χ0) is 9.42. The van der Waals surface area contributed by atoms with Crippen LogP contribution in [-0.4, -0.2) is 0 Å². The Bertz CT molecular complexity index is 447. The molecule has 0 spiro atoms. The van der Waals surface area contributed by atoms with Crippen molar-refractivity contribution in [2.24, 2.45) is 0 Å². The third-order valence-electron chi connectivity index (χ3n) is 2.10. The maximum absolute atomic E-state index is 13.5. The second-order valence-corrected chi connectivity index (χ2v) is 4.91. The van der Waals surface area contributed by atoms with Crippen molar-refractivity contribution in [3.8, 4) is 0 Å². The number of hydrogen-bond donors (Lipinski definition) is 0. The molecule has 1 heterocycles. The van der Waals surface area contributed by atoms with Crippen molar-refractivity contribution < 1.29 is 4.39 Å². The summed E-state index contributed by atoms with van der Waals surface area (Å²) >= 11 is 3.86. The molecular weight excluding hydrogens is 298 g/mol. The Morgan fingerprint density at radius 1 is 1.54 bits per heavy atom. The van der Waals surface area contributed by atoms with Crippen LogP contribution in [0.4, 0.5) is 4.39 Å². The van der Waals surface area contributed by atoms with Crippen LogP contribution in [0.5, 0.6) is 0 Å². The molecule has 2 aromatic rings. The number of fused-ring (bicyclic) bond motifs is 1. The first-order valence-electron chi connectivity index (χ1n) is 4.08. The monoisotopic (exact) mass is 306 g/mol. The number of aryl methyl sites for hydroxylation is 1. The van der Waals surface area contributed by atoms with E-state index in [1.54, 1.807) is 17.4 Å². The summed E-state index contributed by atoms with van der Waals surface area (Å²) in [5.74, 6) is -0.0715. The molecule has 0 atom stereocenters. The molecule has 13 heavy (non-hydrogen) atoms. The van der Waals surface area contributed by atoms with Crippen LogP contribution >= 0.6 is 33.9 Å². The van der Waals surface area contributed by atoms with Crippen molar-refractivity contribution in [2.45, 2.75) is 13.3 Å². The van der Waals surface area contributed by atoms with Gasteiger partial charge in [-0.2, -0.15) is 0 Å². The first kappa shape index (κ1) is 9.40. The van der Waals surface area contributed by atoms with Gasteiger partial charge in [-0.25, -0.2) is 4.39 Å². The van der Waals surface area contributed by atoms with Crippen LogP contribution in [0.2, 0.25) is 0 Å². The maximum atomic E-state index is 13.5. The van der Waals surface area contributed by atoms with Crippen LogP contribution in [-0.2, 0) is 6.42 Å². The molecule has 3 heteroatoms. The zero-order valence-corrected chi connectivity index (χ0v) is 10.1. The van der Waals surface area contributed by atoms with E-state index in [1.807, 2.05) is 18.4 Å². The van der Waals surface area contributed by atoms with Crippen molar-refractivity contribution in [1.82, 2.24) is 0 Å². The Morgan fingerprint density at radius 2 is 2.31 bits per heavy atom. The summed E-state index contributed by atoms with van der Waals surface area (Å²) in [7, 11) is 0. The largest absolute Gasteiger partial charge is 0.207 e. The quantitative estimate of drug-likeness (QED) is 0.692. The van der Waals surface area contributed by atoms with Gasteiger partial charge in [-0.05, 0) is 57.5 Å². The van der Waals surface area contributed by atoms with E-state index in [4.69, 9.17) is 0 Å². The number of hydrogen-bond acceptors (Lipinski definition) is 1. The Hall–Kier alpha value is -0.160. The molecule has 0 bridgehead atoms. The lowest BCUT2D eigenvalue weighted by Gasteiger charge is -2.03. The van der Waals surface area contributed by atoms with Crippen molar-refractivity contribution in [2.75, 3.05) is 0 Å². The second-order valence-electron chi connectivity index (χ2n) is 2.84. The van der Waals surface area contributed by atoms with Gasteiger partial charge in [-0.15, -0.1) is 11.3 Å². The van der Waals surface area contributed by atoms with E-state index < -0.39 is 0 Å². The topological polar surface area (TPSA) is 0 Å². The highest BCUT2D eigenvalue weighted by molar-refractivity contribution is 14.1. The summed E-state index contributed by atoms with van der Waals surface area (Å²) in [6, 6.07) is 3.63. The van der Waals surface area contributed by atoms with Crippen molar-refractivity contribution in [3.05, 3.63) is 32.5 Å². The Balaban J connectivity index is 2.88. The predicted octanol–water partition coefficient (Wildman–Crippen LogP) is 4.21. The van der Waals surface area contributed by atoms with Gasteiger partial charge in [0.05, 0.1) is 0 Å². The minimum Gasteiger partial charge on any atom is -0.207 e. The summed E-state index contributed by atoms with van der Waals surface area (Å²) in [5, 5.41) is 3.10. The molecule has 0 unspecified atom stereocenters. The van der Waals surface area contributed by atoms with Crippen LogP contribution < -0.4 is 0 Å². The number of thiophene rings is 1. The van der Waals surface area contributed by atoms with E-state index in [0.717, 1.165) is 20.9 Å². The van der Waals surface area contributed by atoms with Gasteiger partial charge < -0.3 is 0 Å². The minimum atomic E-state index is -0.0715. The molecule has 0 aliphatic carbocycles. The highest BCUT2D eigenvalue weighted by Gasteiger charge is 2.09. The van der Waals surface area contributed by atoms with E-state index in [1.165, 1.54) is 4.70 Å². The third-order valence-corrected chi connectivity index (χ3v) is 4.27. The molecule has 0 amide bonds. The van der Waals surface area contributed by atoms with E-state index in [0.29, 0.717) is 0 Å². The van der Waals surface area contributed by atoms with Crippen molar-refractivity contribution in [3.63, 3.8) is 0 Å². The molecule has 0 N–H and O–H groups in total. The smallest absolute Gasteiger partial charge is 0.128 e. The predicted molar refractivity (Wildman–Crippen MR) is 63.9 cm³/mol. The molecule has 0 nitrogen and oxygen atoms in total. The van der Waals surface area contributed by atoms with Gasteiger partial charge >= 0.3 is 0 Å². The first-order chi connectivity index (χ1) is 6.24. The van der Waals surface area contributed by atoms with Gasteiger partial charge in [-0.1, -0.05) is 6.92 Å². The van der Waals surface area contributed by atoms with Gasteiger partial charge in [0.25, 0.3) is 0 Å². The van der Waals surface area contributed by atoms with Gasteiger partial charge in [0, 0.05) is 8.27 Å². The Labute approximate surface area is 93.9 Å². The van der Waals surface area contributed by atoms with Crippen LogP contribution in [0.15, 0.2) is 17.5 Å². The molecule has 0 saturated heterocycles. The van der Waals surface area contributed by atoms with Crippen LogP contribution in [0.3, 0.4) is 0 Å². The lowest BCUT2D eigenvalue weighted by atomic mass is 10.1. The van der Waals surface area contributed by atoms with Gasteiger partial charge in [0.1, 0.15) is 5.82 Å². The van der Waals surface area contributed by atoms with E-state index in [-0.39, 0.29) is 5.82 Å². The maximum Gasteiger partial charge on any atom is 0.128 e. The third kappa shape index (κ3) is 1.48. The summed E-state index contributed by atoms with van der Waals surface area (Å²) in [4.78, 5) is 0. The lowest BCUT2D eigenvalue weighted by molar-refractivity contribution is 0.614. The zero-order valence-electron chi connectivity index (χ0n) is 7.10. The molecule has 1 aromatic carbocycles. The van der Waals surface area contributed by atoms with Crippen LogP contribution in [0.25, 0.3) is 10.1 Å². The normalized spacial score (nSPS) is 11.0. The molecule has 0 aliphatic heterocycles. The number of halogens is 2. The molecule has 0 fully saturated rings. The lowest BCUT2D eigenvalue weighted by Crippen LogP contribution is -1.89. The minimum absolute atomic E-state index is 0.0715. The Morgan fingerprint density at radius 3 is 3.00 bits per heavy atom. The number of benzene rings is 1. The molecule has 0 radical (unpaired) electrons. The molecule has 68 valence electrons. The summed E-state index contributed by atoms with van der Waals surface area (Å²) in [5.41, 5.74) is 0.844. The van der Waals surface area contributed by atoms with Crippen molar-refractivity contribution in [1.29, 1.82) is 0 Å². The molecule has 1 aromatic heterocycles. The highest BCUT2D eigenvalue weighted by atomic mass is 127. The van der Waals surface area contributed by atoms with E-state index >= 15 is 0 Å². The van der Waals surface area contributed by atoms with Gasteiger partial charge in [0.15, 0.2) is 0 Å². The molecule has 0 aliphatic rings. The number of rotatable bonds is 1.